The molecule has 0 amide bonds. The zero-order valence-corrected chi connectivity index (χ0v) is 19.1. The van der Waals surface area contributed by atoms with Crippen LogP contribution in [0.1, 0.15) is 58.4 Å². The Morgan fingerprint density at radius 3 is 2.48 bits per heavy atom. The van der Waals surface area contributed by atoms with E-state index in [9.17, 15) is 0 Å². The first-order valence-electron chi connectivity index (χ1n) is 10.8. The molecule has 0 spiro atoms. The second-order valence-electron chi connectivity index (χ2n) is 8.20. The highest BCUT2D eigenvalue weighted by atomic mass is 32.2. The number of rotatable bonds is 6. The highest BCUT2D eigenvalue weighted by Gasteiger charge is 2.29. The summed E-state index contributed by atoms with van der Waals surface area (Å²) in [6, 6.07) is 10.7. The molecule has 1 saturated carbocycles. The SMILES string of the molecule is C=C/C(C)=C1\CC(C2=CC=C(CC)CC2)CC(=C)\C1=C(\C)SCc1ccccc1. The lowest BCUT2D eigenvalue weighted by Crippen LogP contribution is -2.17. The topological polar surface area (TPSA) is 0 Å². The maximum absolute atomic E-state index is 4.53. The molecule has 0 N–H and O–H groups in total. The predicted octanol–water partition coefficient (Wildman–Crippen LogP) is 8.72. The maximum atomic E-state index is 4.53. The van der Waals surface area contributed by atoms with E-state index in [0.29, 0.717) is 5.92 Å². The third-order valence-corrected chi connectivity index (χ3v) is 7.39. The summed E-state index contributed by atoms with van der Waals surface area (Å²) < 4.78 is 0. The summed E-state index contributed by atoms with van der Waals surface area (Å²) in [5.41, 5.74) is 9.98. The highest BCUT2D eigenvalue weighted by Crippen LogP contribution is 2.46. The number of hydrogen-bond acceptors (Lipinski definition) is 1. The summed E-state index contributed by atoms with van der Waals surface area (Å²) in [7, 11) is 0. The van der Waals surface area contributed by atoms with Crippen molar-refractivity contribution in [2.24, 2.45) is 5.92 Å². The van der Waals surface area contributed by atoms with Crippen molar-refractivity contribution in [2.45, 2.75) is 58.6 Å². The Bertz CT molecular complexity index is 890. The Balaban J connectivity index is 1.85. The van der Waals surface area contributed by atoms with Crippen molar-refractivity contribution >= 4 is 11.8 Å². The van der Waals surface area contributed by atoms with Crippen LogP contribution in [0.4, 0.5) is 0 Å². The molecule has 29 heavy (non-hydrogen) atoms. The summed E-state index contributed by atoms with van der Waals surface area (Å²) in [6.07, 6.45) is 12.6. The van der Waals surface area contributed by atoms with Crippen molar-refractivity contribution in [2.75, 3.05) is 0 Å². The van der Waals surface area contributed by atoms with Crippen LogP contribution < -0.4 is 0 Å². The molecule has 1 unspecified atom stereocenters. The molecule has 1 fully saturated rings. The number of benzene rings is 1. The van der Waals surface area contributed by atoms with Gasteiger partial charge in [-0.05, 0) is 84.6 Å². The van der Waals surface area contributed by atoms with E-state index in [-0.39, 0.29) is 0 Å². The number of allylic oxidation sites excluding steroid dienone is 10. The summed E-state index contributed by atoms with van der Waals surface area (Å²) in [6.45, 7) is 15.3. The number of thioether (sulfide) groups is 1. The molecule has 1 aromatic carbocycles. The molecule has 0 radical (unpaired) electrons. The van der Waals surface area contributed by atoms with Gasteiger partial charge in [0.1, 0.15) is 0 Å². The van der Waals surface area contributed by atoms with Crippen LogP contribution in [-0.2, 0) is 5.75 Å². The minimum absolute atomic E-state index is 0.581. The van der Waals surface area contributed by atoms with E-state index in [1.165, 1.54) is 52.0 Å². The average Bonchev–Trinajstić information content (AvgIpc) is 2.77. The van der Waals surface area contributed by atoms with Gasteiger partial charge in [-0.25, -0.2) is 0 Å². The second kappa shape index (κ2) is 10.2. The van der Waals surface area contributed by atoms with Gasteiger partial charge in [0.15, 0.2) is 0 Å². The first-order chi connectivity index (χ1) is 14.0. The third kappa shape index (κ3) is 5.34. The Morgan fingerprint density at radius 2 is 1.86 bits per heavy atom. The first-order valence-corrected chi connectivity index (χ1v) is 11.8. The minimum Gasteiger partial charge on any atom is -0.125 e. The molecule has 0 nitrogen and oxygen atoms in total. The van der Waals surface area contributed by atoms with Crippen LogP contribution in [0.3, 0.4) is 0 Å². The monoisotopic (exact) mass is 402 g/mol. The zero-order chi connectivity index (χ0) is 20.8. The van der Waals surface area contributed by atoms with Gasteiger partial charge >= 0.3 is 0 Å². The summed E-state index contributed by atoms with van der Waals surface area (Å²) in [5.74, 6) is 1.58. The van der Waals surface area contributed by atoms with Gasteiger partial charge in [-0.1, -0.05) is 79.8 Å². The molecular formula is C28H34S. The maximum Gasteiger partial charge on any atom is 0.0228 e. The van der Waals surface area contributed by atoms with Crippen LogP contribution in [0.25, 0.3) is 0 Å². The summed E-state index contributed by atoms with van der Waals surface area (Å²) in [5, 5.41) is 0. The quantitative estimate of drug-likeness (QED) is 0.458. The fourth-order valence-electron chi connectivity index (χ4n) is 4.41. The van der Waals surface area contributed by atoms with E-state index in [2.05, 4.69) is 76.4 Å². The zero-order valence-electron chi connectivity index (χ0n) is 18.3. The lowest BCUT2D eigenvalue weighted by Gasteiger charge is -2.33. The summed E-state index contributed by atoms with van der Waals surface area (Å²) >= 11 is 1.94. The van der Waals surface area contributed by atoms with Crippen LogP contribution in [0.15, 0.2) is 100 Å². The van der Waals surface area contributed by atoms with Crippen molar-refractivity contribution in [3.63, 3.8) is 0 Å². The Hall–Kier alpha value is -1.99. The normalized spacial score (nSPS) is 23.3. The third-order valence-electron chi connectivity index (χ3n) is 6.28. The standard InChI is InChI=1S/C28H34S/c1-6-20(3)27-18-26(25-15-13-23(7-2)14-16-25)17-21(4)28(27)22(5)29-19-24-11-9-8-10-12-24/h6,8-13,15,26H,1,4,7,14,16-19H2,2-3,5H3/b27-20+,28-22+. The van der Waals surface area contributed by atoms with Gasteiger partial charge in [0, 0.05) is 5.75 Å². The largest absolute Gasteiger partial charge is 0.125 e. The molecule has 1 aromatic rings. The molecule has 0 aromatic heterocycles. The Labute approximate surface area is 181 Å². The first kappa shape index (κ1) is 21.7. The molecule has 1 atom stereocenters. The van der Waals surface area contributed by atoms with E-state index >= 15 is 0 Å². The molecule has 0 heterocycles. The fourth-order valence-corrected chi connectivity index (χ4v) is 5.40. The number of hydrogen-bond donors (Lipinski definition) is 0. The van der Waals surface area contributed by atoms with Gasteiger partial charge in [0.2, 0.25) is 0 Å². The van der Waals surface area contributed by atoms with Crippen LogP contribution in [0.2, 0.25) is 0 Å². The van der Waals surface area contributed by atoms with Gasteiger partial charge < -0.3 is 0 Å². The van der Waals surface area contributed by atoms with Gasteiger partial charge in [0.25, 0.3) is 0 Å². The van der Waals surface area contributed by atoms with Crippen LogP contribution in [-0.4, -0.2) is 0 Å². The van der Waals surface area contributed by atoms with Crippen molar-refractivity contribution in [1.29, 1.82) is 0 Å². The molecule has 2 aliphatic carbocycles. The van der Waals surface area contributed by atoms with Gasteiger partial charge in [-0.2, -0.15) is 0 Å². The molecule has 0 aliphatic heterocycles. The van der Waals surface area contributed by atoms with E-state index in [4.69, 9.17) is 0 Å². The van der Waals surface area contributed by atoms with E-state index in [1.54, 1.807) is 11.1 Å². The van der Waals surface area contributed by atoms with E-state index in [1.807, 2.05) is 17.8 Å². The highest BCUT2D eigenvalue weighted by molar-refractivity contribution is 8.02. The van der Waals surface area contributed by atoms with Crippen molar-refractivity contribution in [1.82, 2.24) is 0 Å². The molecule has 0 bridgehead atoms. The Morgan fingerprint density at radius 1 is 1.10 bits per heavy atom. The molecule has 2 aliphatic rings. The smallest absolute Gasteiger partial charge is 0.0228 e. The molecule has 0 saturated heterocycles. The average molecular weight is 403 g/mol. The Kier molecular flexibility index (Phi) is 7.61. The van der Waals surface area contributed by atoms with Gasteiger partial charge in [0.05, 0.1) is 0 Å². The minimum atomic E-state index is 0.581. The van der Waals surface area contributed by atoms with Crippen molar-refractivity contribution in [3.8, 4) is 0 Å². The van der Waals surface area contributed by atoms with Crippen molar-refractivity contribution < 1.29 is 0 Å². The van der Waals surface area contributed by atoms with Gasteiger partial charge in [-0.3, -0.25) is 0 Å². The molecule has 1 heteroatoms. The van der Waals surface area contributed by atoms with Crippen LogP contribution in [0.5, 0.6) is 0 Å². The lowest BCUT2D eigenvalue weighted by molar-refractivity contribution is 0.552. The summed E-state index contributed by atoms with van der Waals surface area (Å²) in [4.78, 5) is 1.39. The molecule has 3 rings (SSSR count). The fraction of sp³-hybridized carbons (Fsp3) is 0.357. The lowest BCUT2D eigenvalue weighted by atomic mass is 9.72. The van der Waals surface area contributed by atoms with Gasteiger partial charge in [-0.15, -0.1) is 11.8 Å². The van der Waals surface area contributed by atoms with Crippen molar-refractivity contribution in [3.05, 3.63) is 106 Å². The van der Waals surface area contributed by atoms with E-state index in [0.717, 1.165) is 18.6 Å². The molecular weight excluding hydrogens is 368 g/mol. The second-order valence-corrected chi connectivity index (χ2v) is 9.39. The van der Waals surface area contributed by atoms with Crippen LogP contribution in [0, 0.1) is 5.92 Å². The molecule has 152 valence electrons. The predicted molar refractivity (Wildman–Crippen MR) is 131 cm³/mol. The van der Waals surface area contributed by atoms with E-state index < -0.39 is 0 Å². The van der Waals surface area contributed by atoms with Crippen LogP contribution >= 0.6 is 11.8 Å².